The van der Waals surface area contributed by atoms with Crippen LogP contribution in [-0.4, -0.2) is 35.8 Å². The van der Waals surface area contributed by atoms with Crippen LogP contribution in [0.2, 0.25) is 5.02 Å². The fourth-order valence-electron chi connectivity index (χ4n) is 1.68. The smallest absolute Gasteiger partial charge is 0.356 e. The average Bonchev–Trinajstić information content (AvgIpc) is 2.88. The summed E-state index contributed by atoms with van der Waals surface area (Å²) in [4.78, 5) is 14.6. The molecule has 21 heavy (non-hydrogen) atoms. The second kappa shape index (κ2) is 6.10. The van der Waals surface area contributed by atoms with E-state index >= 15 is 0 Å². The van der Waals surface area contributed by atoms with Crippen LogP contribution in [0.15, 0.2) is 34.0 Å². The van der Waals surface area contributed by atoms with Gasteiger partial charge in [-0.15, -0.1) is 11.3 Å². The van der Waals surface area contributed by atoms with Gasteiger partial charge in [0, 0.05) is 18.6 Å². The second-order valence-electron chi connectivity index (χ2n) is 4.18. The number of carboxylic acid groups (broad SMARTS) is 1. The Labute approximate surface area is 130 Å². The highest BCUT2D eigenvalue weighted by molar-refractivity contribution is 7.91. The van der Waals surface area contributed by atoms with E-state index in [2.05, 4.69) is 4.98 Å². The highest BCUT2D eigenvalue weighted by Gasteiger charge is 2.29. The van der Waals surface area contributed by atoms with E-state index in [1.165, 1.54) is 12.6 Å². The van der Waals surface area contributed by atoms with Crippen molar-refractivity contribution >= 4 is 38.9 Å². The summed E-state index contributed by atoms with van der Waals surface area (Å²) in [5, 5.41) is 9.47. The van der Waals surface area contributed by atoms with Crippen molar-refractivity contribution < 1.29 is 18.3 Å². The number of hydrogen-bond acceptors (Lipinski definition) is 5. The molecule has 0 aliphatic rings. The molecule has 0 bridgehead atoms. The molecule has 2 rings (SSSR count). The first-order valence-electron chi connectivity index (χ1n) is 5.70. The van der Waals surface area contributed by atoms with Crippen LogP contribution in [-0.2, 0) is 16.6 Å². The van der Waals surface area contributed by atoms with Crippen LogP contribution in [0.4, 0.5) is 0 Å². The molecule has 9 heteroatoms. The molecule has 1 N–H and O–H groups in total. The third-order valence-electron chi connectivity index (χ3n) is 2.68. The molecule has 1 heterocycles. The molecule has 6 nitrogen and oxygen atoms in total. The normalized spacial score (nSPS) is 11.8. The second-order valence-corrected chi connectivity index (χ2v) is 7.72. The number of benzene rings is 1. The van der Waals surface area contributed by atoms with Crippen LogP contribution in [0, 0.1) is 0 Å². The Balaban J connectivity index is 2.31. The molecule has 0 fully saturated rings. The number of sulfonamides is 1. The van der Waals surface area contributed by atoms with Gasteiger partial charge in [0.25, 0.3) is 10.0 Å². The van der Waals surface area contributed by atoms with Gasteiger partial charge in [-0.05, 0) is 17.7 Å². The molecular formula is C12H11ClN2O4S2. The first-order chi connectivity index (χ1) is 9.82. The minimum Gasteiger partial charge on any atom is -0.476 e. The Morgan fingerprint density at radius 1 is 1.48 bits per heavy atom. The molecule has 112 valence electrons. The van der Waals surface area contributed by atoms with Crippen molar-refractivity contribution in [3.05, 3.63) is 46.1 Å². The number of carboxylic acids is 1. The Kier molecular flexibility index (Phi) is 4.62. The lowest BCUT2D eigenvalue weighted by atomic mass is 10.2. The Morgan fingerprint density at radius 3 is 2.81 bits per heavy atom. The maximum absolute atomic E-state index is 12.4. The van der Waals surface area contributed by atoms with Gasteiger partial charge in [-0.25, -0.2) is 18.2 Å². The zero-order chi connectivity index (χ0) is 15.6. The molecule has 0 aliphatic carbocycles. The molecule has 0 spiro atoms. The molecule has 0 radical (unpaired) electrons. The number of carbonyl (C=O) groups is 1. The zero-order valence-corrected chi connectivity index (χ0v) is 13.2. The van der Waals surface area contributed by atoms with E-state index in [0.29, 0.717) is 10.6 Å². The summed E-state index contributed by atoms with van der Waals surface area (Å²) in [6.45, 7) is 0.0832. The number of thiazole rings is 1. The van der Waals surface area contributed by atoms with E-state index in [4.69, 9.17) is 16.7 Å². The van der Waals surface area contributed by atoms with Crippen LogP contribution in [0.1, 0.15) is 16.1 Å². The monoisotopic (exact) mass is 346 g/mol. The van der Waals surface area contributed by atoms with E-state index in [1.807, 2.05) is 0 Å². The lowest BCUT2D eigenvalue weighted by molar-refractivity contribution is 0.0687. The van der Waals surface area contributed by atoms with Crippen molar-refractivity contribution in [2.24, 2.45) is 0 Å². The van der Waals surface area contributed by atoms with E-state index in [9.17, 15) is 13.2 Å². The van der Waals surface area contributed by atoms with Crippen LogP contribution in [0.3, 0.4) is 0 Å². The van der Waals surface area contributed by atoms with Gasteiger partial charge in [0.2, 0.25) is 0 Å². The first-order valence-corrected chi connectivity index (χ1v) is 8.39. The summed E-state index contributed by atoms with van der Waals surface area (Å²) in [7, 11) is -2.54. The van der Waals surface area contributed by atoms with Gasteiger partial charge in [-0.2, -0.15) is 4.31 Å². The molecule has 2 aromatic rings. The SMILES string of the molecule is CN(Cc1cccc(Cl)c1)S(=O)(=O)c1scnc1C(=O)O. The summed E-state index contributed by atoms with van der Waals surface area (Å²) in [6.07, 6.45) is 0. The molecule has 0 amide bonds. The highest BCUT2D eigenvalue weighted by Crippen LogP contribution is 2.24. The third kappa shape index (κ3) is 3.41. The predicted molar refractivity (Wildman–Crippen MR) is 79.2 cm³/mol. The van der Waals surface area contributed by atoms with Gasteiger partial charge in [0.15, 0.2) is 9.90 Å². The number of nitrogens with zero attached hydrogens (tertiary/aromatic N) is 2. The largest absolute Gasteiger partial charge is 0.476 e. The van der Waals surface area contributed by atoms with E-state index in [-0.39, 0.29) is 10.8 Å². The topological polar surface area (TPSA) is 87.6 Å². The molecule has 0 unspecified atom stereocenters. The predicted octanol–water partition coefficient (Wildman–Crippen LogP) is 2.32. The minimum absolute atomic E-state index is 0.0832. The first kappa shape index (κ1) is 15.9. The molecule has 0 aliphatic heterocycles. The number of rotatable bonds is 5. The van der Waals surface area contributed by atoms with Crippen LogP contribution < -0.4 is 0 Å². The van der Waals surface area contributed by atoms with Crippen LogP contribution >= 0.6 is 22.9 Å². The summed E-state index contributed by atoms with van der Waals surface area (Å²) >= 11 is 6.63. The van der Waals surface area contributed by atoms with Crippen LogP contribution in [0.25, 0.3) is 0 Å². The van der Waals surface area contributed by atoms with Crippen molar-refractivity contribution in [1.29, 1.82) is 0 Å². The molecule has 0 atom stereocenters. The van der Waals surface area contributed by atoms with Crippen molar-refractivity contribution in [2.75, 3.05) is 7.05 Å². The van der Waals surface area contributed by atoms with Crippen molar-refractivity contribution in [3.63, 3.8) is 0 Å². The Bertz CT molecular complexity index is 773. The van der Waals surface area contributed by atoms with E-state index < -0.39 is 21.7 Å². The molecule has 0 saturated heterocycles. The van der Waals surface area contributed by atoms with Gasteiger partial charge in [-0.1, -0.05) is 23.7 Å². The van der Waals surface area contributed by atoms with Crippen LogP contribution in [0.5, 0.6) is 0 Å². The number of halogens is 1. The summed E-state index contributed by atoms with van der Waals surface area (Å²) in [6, 6.07) is 6.79. The maximum Gasteiger partial charge on any atom is 0.356 e. The summed E-state index contributed by atoms with van der Waals surface area (Å²) < 4.78 is 25.6. The number of hydrogen-bond donors (Lipinski definition) is 1. The lowest BCUT2D eigenvalue weighted by Crippen LogP contribution is -2.27. The fraction of sp³-hybridized carbons (Fsp3) is 0.167. The summed E-state index contributed by atoms with van der Waals surface area (Å²) in [5.41, 5.74) is 1.44. The van der Waals surface area contributed by atoms with E-state index in [1.54, 1.807) is 24.3 Å². The van der Waals surface area contributed by atoms with Gasteiger partial charge in [-0.3, -0.25) is 0 Å². The van der Waals surface area contributed by atoms with Crippen molar-refractivity contribution in [3.8, 4) is 0 Å². The fourth-order valence-corrected chi connectivity index (χ4v) is 4.38. The lowest BCUT2D eigenvalue weighted by Gasteiger charge is -2.16. The van der Waals surface area contributed by atoms with Gasteiger partial charge in [0.1, 0.15) is 0 Å². The zero-order valence-electron chi connectivity index (χ0n) is 10.9. The third-order valence-corrected chi connectivity index (χ3v) is 6.06. The average molecular weight is 347 g/mol. The molecule has 0 saturated carbocycles. The van der Waals surface area contributed by atoms with Crippen molar-refractivity contribution in [1.82, 2.24) is 9.29 Å². The van der Waals surface area contributed by atoms with Crippen molar-refractivity contribution in [2.45, 2.75) is 10.8 Å². The number of aromatic carboxylic acids is 1. The standard InChI is InChI=1S/C12H11ClN2O4S2/c1-15(6-8-3-2-4-9(13)5-8)21(18,19)12-10(11(16)17)14-7-20-12/h2-5,7H,6H2,1H3,(H,16,17). The summed E-state index contributed by atoms with van der Waals surface area (Å²) in [5.74, 6) is -1.37. The molecular weight excluding hydrogens is 336 g/mol. The quantitative estimate of drug-likeness (QED) is 0.897. The maximum atomic E-state index is 12.4. The van der Waals surface area contributed by atoms with Gasteiger partial charge in [0.05, 0.1) is 5.51 Å². The molecule has 1 aromatic carbocycles. The Hall–Kier alpha value is -1.48. The van der Waals surface area contributed by atoms with Gasteiger partial charge >= 0.3 is 5.97 Å². The molecule has 1 aromatic heterocycles. The van der Waals surface area contributed by atoms with E-state index in [0.717, 1.165) is 15.6 Å². The van der Waals surface area contributed by atoms with Gasteiger partial charge < -0.3 is 5.11 Å². The highest BCUT2D eigenvalue weighted by atomic mass is 35.5. The minimum atomic E-state index is -3.92. The Morgan fingerprint density at radius 2 is 2.19 bits per heavy atom. The number of aromatic nitrogens is 1.